The van der Waals surface area contributed by atoms with Crippen molar-refractivity contribution in [2.45, 2.75) is 374 Å². The number of rotatable bonds is 66. The van der Waals surface area contributed by atoms with E-state index in [1.54, 1.807) is 0 Å². The predicted molar refractivity (Wildman–Crippen MR) is 362 cm³/mol. The molecule has 6 nitrogen and oxygen atoms in total. The van der Waals surface area contributed by atoms with Gasteiger partial charge in [-0.3, -0.25) is 14.4 Å². The number of ether oxygens (including phenoxy) is 3. The highest BCUT2D eigenvalue weighted by Gasteiger charge is 2.19. The molecule has 0 heterocycles. The van der Waals surface area contributed by atoms with Gasteiger partial charge in [0.25, 0.3) is 0 Å². The van der Waals surface area contributed by atoms with Gasteiger partial charge >= 0.3 is 17.9 Å². The van der Waals surface area contributed by atoms with E-state index in [2.05, 4.69) is 106 Å². The van der Waals surface area contributed by atoms with Crippen molar-refractivity contribution in [3.8, 4) is 0 Å². The minimum Gasteiger partial charge on any atom is -0.462 e. The van der Waals surface area contributed by atoms with Gasteiger partial charge < -0.3 is 14.2 Å². The van der Waals surface area contributed by atoms with E-state index < -0.39 is 6.10 Å². The van der Waals surface area contributed by atoms with Crippen LogP contribution < -0.4 is 0 Å². The molecule has 0 aromatic heterocycles. The van der Waals surface area contributed by atoms with Gasteiger partial charge in [-0.2, -0.15) is 0 Å². The molecular weight excluding hydrogens is 1020 g/mol. The Balaban J connectivity index is 4.22. The van der Waals surface area contributed by atoms with Gasteiger partial charge in [0, 0.05) is 19.3 Å². The zero-order chi connectivity index (χ0) is 59.9. The van der Waals surface area contributed by atoms with Crippen LogP contribution in [-0.4, -0.2) is 37.2 Å². The van der Waals surface area contributed by atoms with Crippen molar-refractivity contribution in [1.29, 1.82) is 0 Å². The van der Waals surface area contributed by atoms with Crippen LogP contribution in [0.1, 0.15) is 367 Å². The number of allylic oxidation sites excluding steroid dienone is 14. The number of hydrogen-bond acceptors (Lipinski definition) is 6. The molecule has 0 aliphatic carbocycles. The molecule has 0 saturated heterocycles. The molecule has 83 heavy (non-hydrogen) atoms. The summed E-state index contributed by atoms with van der Waals surface area (Å²) in [5.74, 6) is -0.871. The zero-order valence-corrected chi connectivity index (χ0v) is 55.2. The smallest absolute Gasteiger partial charge is 0.306 e. The maximum Gasteiger partial charge on any atom is 0.306 e. The first kappa shape index (κ1) is 79.6. The normalized spacial score (nSPS) is 12.6. The van der Waals surface area contributed by atoms with Crippen LogP contribution in [0.4, 0.5) is 0 Å². The van der Waals surface area contributed by atoms with E-state index in [4.69, 9.17) is 14.2 Å². The first-order valence-electron chi connectivity index (χ1n) is 36.1. The molecule has 1 unspecified atom stereocenters. The summed E-state index contributed by atoms with van der Waals surface area (Å²) in [6, 6.07) is 0. The molecule has 1 atom stereocenters. The van der Waals surface area contributed by atoms with Crippen molar-refractivity contribution in [3.63, 3.8) is 0 Å². The summed E-state index contributed by atoms with van der Waals surface area (Å²) >= 11 is 0. The molecule has 0 aromatic carbocycles. The average Bonchev–Trinajstić information content (AvgIpc) is 3.49. The van der Waals surface area contributed by atoms with Crippen molar-refractivity contribution in [2.75, 3.05) is 13.2 Å². The van der Waals surface area contributed by atoms with Crippen LogP contribution in [0.15, 0.2) is 85.1 Å². The molecule has 0 bridgehead atoms. The van der Waals surface area contributed by atoms with Gasteiger partial charge in [-0.15, -0.1) is 0 Å². The highest BCUT2D eigenvalue weighted by Crippen LogP contribution is 2.18. The summed E-state index contributed by atoms with van der Waals surface area (Å²) in [5, 5.41) is 0. The molecule has 0 aliphatic rings. The fourth-order valence-corrected chi connectivity index (χ4v) is 10.6. The van der Waals surface area contributed by atoms with Gasteiger partial charge in [0.2, 0.25) is 0 Å². The standard InChI is InChI=1S/C77H136O6/c1-4-7-10-13-16-19-22-25-28-30-32-33-34-35-36-37-38-39-40-41-42-43-45-46-49-52-55-58-61-64-67-70-76(79)82-73-74(72-81-75(78)69-66-63-60-57-54-51-48-27-24-21-18-15-12-9-6-3)83-77(80)71-68-65-62-59-56-53-50-47-44-31-29-26-23-20-17-14-11-8-5-2/h7,9-10,12,16,18-19,21,25,27-28,32-33,48,74H,4-6,8,11,13-15,17,20,22-24,26,29-31,34-47,49-73H2,1-3H3/b10-7-,12-9-,19-16-,21-18-,28-25-,33-32-,48-27-. The average molecular weight is 1160 g/mol. The monoisotopic (exact) mass is 1160 g/mol. The second-order valence-corrected chi connectivity index (χ2v) is 24.1. The molecule has 0 fully saturated rings. The Morgan fingerprint density at radius 3 is 0.735 bits per heavy atom. The SMILES string of the molecule is CC/C=C\C/C=C\C/C=C\C/C=C\CCCCCCCCCCCCCCCCCCCCC(=O)OCC(COC(=O)CCCCCCC/C=C\C/C=C\C/C=C\CC)OC(=O)CCCCCCCCCCCCCCCCCCCCC. The maximum absolute atomic E-state index is 13.0. The zero-order valence-electron chi connectivity index (χ0n) is 55.2. The lowest BCUT2D eigenvalue weighted by atomic mass is 10.0. The van der Waals surface area contributed by atoms with E-state index in [0.717, 1.165) is 122 Å². The van der Waals surface area contributed by atoms with E-state index in [0.29, 0.717) is 19.3 Å². The highest BCUT2D eigenvalue weighted by molar-refractivity contribution is 5.71. The van der Waals surface area contributed by atoms with Gasteiger partial charge in [0.15, 0.2) is 6.10 Å². The lowest BCUT2D eigenvalue weighted by molar-refractivity contribution is -0.167. The second-order valence-electron chi connectivity index (χ2n) is 24.1. The minimum absolute atomic E-state index is 0.0767. The third-order valence-electron chi connectivity index (χ3n) is 15.9. The van der Waals surface area contributed by atoms with E-state index in [9.17, 15) is 14.4 Å². The number of unbranched alkanes of at least 4 members (excludes halogenated alkanes) is 41. The molecule has 6 heteroatoms. The summed E-state index contributed by atoms with van der Waals surface area (Å²) in [6.07, 6.45) is 94.8. The topological polar surface area (TPSA) is 78.9 Å². The van der Waals surface area contributed by atoms with Crippen molar-refractivity contribution in [2.24, 2.45) is 0 Å². The summed E-state index contributed by atoms with van der Waals surface area (Å²) in [7, 11) is 0. The van der Waals surface area contributed by atoms with Crippen LogP contribution >= 0.6 is 0 Å². The summed E-state index contributed by atoms with van der Waals surface area (Å²) in [5.41, 5.74) is 0. The van der Waals surface area contributed by atoms with E-state index in [1.165, 1.54) is 205 Å². The van der Waals surface area contributed by atoms with E-state index >= 15 is 0 Å². The quantitative estimate of drug-likeness (QED) is 0.0261. The van der Waals surface area contributed by atoms with Gasteiger partial charge in [-0.05, 0) is 89.9 Å². The molecule has 0 radical (unpaired) electrons. The second kappa shape index (κ2) is 71.1. The first-order valence-corrected chi connectivity index (χ1v) is 36.1. The van der Waals surface area contributed by atoms with Gasteiger partial charge in [0.1, 0.15) is 13.2 Å². The predicted octanol–water partition coefficient (Wildman–Crippen LogP) is 25.0. The maximum atomic E-state index is 13.0. The largest absolute Gasteiger partial charge is 0.462 e. The van der Waals surface area contributed by atoms with Gasteiger partial charge in [-0.1, -0.05) is 343 Å². The molecular formula is C77H136O6. The van der Waals surface area contributed by atoms with Crippen molar-refractivity contribution in [3.05, 3.63) is 85.1 Å². The summed E-state index contributed by atoms with van der Waals surface area (Å²) < 4.78 is 17.0. The molecule has 0 amide bonds. The lowest BCUT2D eigenvalue weighted by Crippen LogP contribution is -2.30. The fourth-order valence-electron chi connectivity index (χ4n) is 10.6. The molecule has 480 valence electrons. The number of esters is 3. The number of hydrogen-bond donors (Lipinski definition) is 0. The van der Waals surface area contributed by atoms with Crippen LogP contribution in [0.25, 0.3) is 0 Å². The van der Waals surface area contributed by atoms with Crippen LogP contribution in [0.5, 0.6) is 0 Å². The molecule has 0 aromatic rings. The Bertz CT molecular complexity index is 1570. The fraction of sp³-hybridized carbons (Fsp3) is 0.779. The number of carbonyl (C=O) groups is 3. The van der Waals surface area contributed by atoms with Crippen molar-refractivity contribution in [1.82, 2.24) is 0 Å². The Kier molecular flexibility index (Phi) is 68.2. The third kappa shape index (κ3) is 69.3. The Morgan fingerprint density at radius 2 is 0.470 bits per heavy atom. The van der Waals surface area contributed by atoms with Crippen LogP contribution in [0.2, 0.25) is 0 Å². The van der Waals surface area contributed by atoms with Crippen LogP contribution in [0.3, 0.4) is 0 Å². The molecule has 0 saturated carbocycles. The molecule has 0 spiro atoms. The van der Waals surface area contributed by atoms with Crippen LogP contribution in [0, 0.1) is 0 Å². The van der Waals surface area contributed by atoms with Gasteiger partial charge in [-0.25, -0.2) is 0 Å². The Labute approximate surface area is 515 Å². The number of carbonyl (C=O) groups excluding carboxylic acids is 3. The Morgan fingerprint density at radius 1 is 0.253 bits per heavy atom. The first-order chi connectivity index (χ1) is 41.0. The minimum atomic E-state index is -0.782. The Hall–Kier alpha value is -3.41. The van der Waals surface area contributed by atoms with Crippen LogP contribution in [-0.2, 0) is 28.6 Å². The summed E-state index contributed by atoms with van der Waals surface area (Å²) in [6.45, 7) is 6.46. The molecule has 0 N–H and O–H groups in total. The van der Waals surface area contributed by atoms with Crippen molar-refractivity contribution >= 4 is 17.9 Å². The summed E-state index contributed by atoms with van der Waals surface area (Å²) in [4.78, 5) is 38.5. The highest BCUT2D eigenvalue weighted by atomic mass is 16.6. The molecule has 0 rings (SSSR count). The lowest BCUT2D eigenvalue weighted by Gasteiger charge is -2.18. The van der Waals surface area contributed by atoms with Crippen molar-refractivity contribution < 1.29 is 28.6 Å². The van der Waals surface area contributed by atoms with E-state index in [1.807, 2.05) is 0 Å². The van der Waals surface area contributed by atoms with E-state index in [-0.39, 0.29) is 31.1 Å². The van der Waals surface area contributed by atoms with Gasteiger partial charge in [0.05, 0.1) is 0 Å². The molecule has 0 aliphatic heterocycles. The third-order valence-corrected chi connectivity index (χ3v) is 15.9.